The van der Waals surface area contributed by atoms with Crippen molar-refractivity contribution in [3.8, 4) is 0 Å². The largest absolute Gasteiger partial charge is 0.465 e. The van der Waals surface area contributed by atoms with Crippen LogP contribution in [0.15, 0.2) is 0 Å². The van der Waals surface area contributed by atoms with E-state index in [1.165, 1.54) is 6.92 Å². The minimum Gasteiger partial charge on any atom is -0.465 e. The number of hydrogen-bond donors (Lipinski definition) is 0. The Kier molecular flexibility index (Phi) is 8.37. The molecule has 0 aliphatic carbocycles. The molecule has 8 heteroatoms. The van der Waals surface area contributed by atoms with Crippen molar-refractivity contribution in [1.82, 2.24) is 0 Å². The van der Waals surface area contributed by atoms with Gasteiger partial charge in [-0.1, -0.05) is 0 Å². The summed E-state index contributed by atoms with van der Waals surface area (Å²) in [4.78, 5) is 20.6. The van der Waals surface area contributed by atoms with E-state index < -0.39 is 19.2 Å². The molecule has 0 fully saturated rings. The van der Waals surface area contributed by atoms with Gasteiger partial charge in [0.1, 0.15) is 0 Å². The van der Waals surface area contributed by atoms with E-state index >= 15 is 0 Å². The van der Waals surface area contributed by atoms with Gasteiger partial charge in [0, 0.05) is 0 Å². The minimum atomic E-state index is -3.85. The van der Waals surface area contributed by atoms with Crippen LogP contribution in [-0.4, -0.2) is 31.4 Å². The zero-order valence-electron chi connectivity index (χ0n) is 10.5. The molecule has 0 amide bonds. The first kappa shape index (κ1) is 16.5. The summed E-state index contributed by atoms with van der Waals surface area (Å²) in [5.41, 5.74) is -1.12. The van der Waals surface area contributed by atoms with Gasteiger partial charge in [0.2, 0.25) is 0 Å². The van der Waals surface area contributed by atoms with Gasteiger partial charge in [0.25, 0.3) is 0 Å². The number of rotatable bonds is 9. The lowest BCUT2D eigenvalue weighted by atomic mass is 10.5. The van der Waals surface area contributed by atoms with Gasteiger partial charge in [0.05, 0.1) is 19.8 Å². The standard InChI is InChI=1S/C9H19O7P/c1-5-12-9(10)8(4)17(11,15-13-6-2)16-14-7-3/h8H,5-7H2,1-4H3. The summed E-state index contributed by atoms with van der Waals surface area (Å²) in [5, 5.41) is 0. The highest BCUT2D eigenvalue weighted by Crippen LogP contribution is 2.53. The Morgan fingerprint density at radius 3 is 1.88 bits per heavy atom. The molecule has 0 saturated carbocycles. The Bertz CT molecular complexity index is 256. The summed E-state index contributed by atoms with van der Waals surface area (Å²) in [6, 6.07) is 0. The molecular formula is C9H19O7P. The third kappa shape index (κ3) is 5.61. The molecule has 0 aromatic rings. The van der Waals surface area contributed by atoms with Crippen LogP contribution in [0.5, 0.6) is 0 Å². The molecule has 0 N–H and O–H groups in total. The molecule has 0 radical (unpaired) electrons. The molecule has 0 aliphatic heterocycles. The lowest BCUT2D eigenvalue weighted by Gasteiger charge is -2.19. The zero-order valence-corrected chi connectivity index (χ0v) is 11.4. The highest BCUT2D eigenvalue weighted by molar-refractivity contribution is 7.55. The van der Waals surface area contributed by atoms with Crippen molar-refractivity contribution in [2.45, 2.75) is 33.4 Å². The van der Waals surface area contributed by atoms with Gasteiger partial charge in [-0.05, 0) is 27.7 Å². The second-order valence-corrected chi connectivity index (χ2v) is 5.08. The SMILES string of the molecule is CCOOP(=O)(OOCC)C(C)C(=O)OCC. The summed E-state index contributed by atoms with van der Waals surface area (Å²) in [7, 11) is -3.85. The Morgan fingerprint density at radius 1 is 1.06 bits per heavy atom. The first-order valence-corrected chi connectivity index (χ1v) is 7.01. The van der Waals surface area contributed by atoms with Crippen LogP contribution >= 0.6 is 7.60 Å². The second kappa shape index (κ2) is 8.60. The van der Waals surface area contributed by atoms with Crippen LogP contribution in [0, 0.1) is 0 Å². The maximum Gasteiger partial charge on any atom is 0.398 e. The van der Waals surface area contributed by atoms with Gasteiger partial charge in [-0.3, -0.25) is 9.36 Å². The summed E-state index contributed by atoms with van der Waals surface area (Å²) < 4.78 is 26.1. The molecular weight excluding hydrogens is 251 g/mol. The van der Waals surface area contributed by atoms with Gasteiger partial charge in [-0.25, -0.2) is 9.78 Å². The third-order valence-electron chi connectivity index (χ3n) is 1.65. The Hall–Kier alpha value is -0.460. The predicted molar refractivity (Wildman–Crippen MR) is 59.1 cm³/mol. The van der Waals surface area contributed by atoms with Crippen molar-refractivity contribution in [1.29, 1.82) is 0 Å². The first-order valence-electron chi connectivity index (χ1n) is 5.40. The average molecular weight is 270 g/mol. The molecule has 0 rings (SSSR count). The van der Waals surface area contributed by atoms with Crippen LogP contribution < -0.4 is 0 Å². The summed E-state index contributed by atoms with van der Waals surface area (Å²) in [6.45, 7) is 6.77. The van der Waals surface area contributed by atoms with Gasteiger partial charge in [0.15, 0.2) is 5.66 Å². The van der Waals surface area contributed by atoms with E-state index in [4.69, 9.17) is 4.74 Å². The van der Waals surface area contributed by atoms with E-state index in [1.54, 1.807) is 20.8 Å². The number of carbonyl (C=O) groups excluding carboxylic acids is 1. The minimum absolute atomic E-state index is 0.162. The monoisotopic (exact) mass is 270 g/mol. The van der Waals surface area contributed by atoms with E-state index in [9.17, 15) is 9.36 Å². The fourth-order valence-corrected chi connectivity index (χ4v) is 1.91. The summed E-state index contributed by atoms with van der Waals surface area (Å²) in [5.74, 6) is -0.699. The fraction of sp³-hybridized carbons (Fsp3) is 0.889. The predicted octanol–water partition coefficient (Wildman–Crippen LogP) is 2.07. The van der Waals surface area contributed by atoms with Crippen LogP contribution in [0.3, 0.4) is 0 Å². The molecule has 0 aromatic carbocycles. The molecule has 102 valence electrons. The van der Waals surface area contributed by atoms with E-state index in [2.05, 4.69) is 19.1 Å². The molecule has 1 unspecified atom stereocenters. The number of carbonyl (C=O) groups is 1. The van der Waals surface area contributed by atoms with E-state index in [0.717, 1.165) is 0 Å². The molecule has 0 heterocycles. The topological polar surface area (TPSA) is 80.3 Å². The molecule has 0 aromatic heterocycles. The third-order valence-corrected chi connectivity index (χ3v) is 3.44. The normalized spacial score (nSPS) is 13.4. The zero-order chi connectivity index (χ0) is 13.3. The number of ether oxygens (including phenoxy) is 1. The molecule has 0 aliphatic rings. The quantitative estimate of drug-likeness (QED) is 0.274. The van der Waals surface area contributed by atoms with Crippen LogP contribution in [-0.2, 0) is 33.2 Å². The second-order valence-electron chi connectivity index (χ2n) is 2.93. The Labute approximate surface area is 101 Å². The van der Waals surface area contributed by atoms with Gasteiger partial charge >= 0.3 is 13.6 Å². The molecule has 0 saturated heterocycles. The Morgan fingerprint density at radius 2 is 1.53 bits per heavy atom. The van der Waals surface area contributed by atoms with Crippen LogP contribution in [0.2, 0.25) is 0 Å². The van der Waals surface area contributed by atoms with E-state index in [0.29, 0.717) is 0 Å². The molecule has 1 atom stereocenters. The smallest absolute Gasteiger partial charge is 0.398 e. The average Bonchev–Trinajstić information content (AvgIpc) is 2.33. The molecule has 0 spiro atoms. The first-order chi connectivity index (χ1) is 8.01. The molecule has 0 bridgehead atoms. The molecule has 17 heavy (non-hydrogen) atoms. The highest BCUT2D eigenvalue weighted by Gasteiger charge is 2.41. The van der Waals surface area contributed by atoms with Gasteiger partial charge in [-0.15, -0.1) is 9.35 Å². The molecule has 7 nitrogen and oxygen atoms in total. The summed E-state index contributed by atoms with van der Waals surface area (Å²) in [6.07, 6.45) is 0. The maximum atomic E-state index is 12.2. The van der Waals surface area contributed by atoms with Crippen LogP contribution in [0.25, 0.3) is 0 Å². The number of esters is 1. The number of hydrogen-bond acceptors (Lipinski definition) is 7. The van der Waals surface area contributed by atoms with Crippen molar-refractivity contribution >= 4 is 13.6 Å². The lowest BCUT2D eigenvalue weighted by molar-refractivity contribution is -0.264. The summed E-state index contributed by atoms with van der Waals surface area (Å²) >= 11 is 0. The van der Waals surface area contributed by atoms with E-state index in [1.807, 2.05) is 0 Å². The van der Waals surface area contributed by atoms with Crippen molar-refractivity contribution in [2.75, 3.05) is 19.8 Å². The van der Waals surface area contributed by atoms with E-state index in [-0.39, 0.29) is 19.8 Å². The van der Waals surface area contributed by atoms with Crippen LogP contribution in [0.1, 0.15) is 27.7 Å². The van der Waals surface area contributed by atoms with Crippen molar-refractivity contribution < 1.29 is 33.2 Å². The highest BCUT2D eigenvalue weighted by atomic mass is 31.2. The van der Waals surface area contributed by atoms with Gasteiger partial charge in [-0.2, -0.15) is 0 Å². The van der Waals surface area contributed by atoms with Crippen molar-refractivity contribution in [3.05, 3.63) is 0 Å². The lowest BCUT2D eigenvalue weighted by Crippen LogP contribution is -2.23. The fourth-order valence-electron chi connectivity index (χ4n) is 0.786. The van der Waals surface area contributed by atoms with Gasteiger partial charge < -0.3 is 4.74 Å². The van der Waals surface area contributed by atoms with Crippen molar-refractivity contribution in [3.63, 3.8) is 0 Å². The Balaban J connectivity index is 4.64. The maximum absolute atomic E-state index is 12.2. The van der Waals surface area contributed by atoms with Crippen LogP contribution in [0.4, 0.5) is 0 Å². The van der Waals surface area contributed by atoms with Crippen molar-refractivity contribution in [2.24, 2.45) is 0 Å².